The lowest BCUT2D eigenvalue weighted by molar-refractivity contribution is -0.0784. The lowest BCUT2D eigenvalue weighted by Crippen LogP contribution is -2.53. The van der Waals surface area contributed by atoms with Crippen LogP contribution in [-0.2, 0) is 21.5 Å². The maximum atomic E-state index is 6.22. The number of ether oxygens (including phenoxy) is 2. The van der Waals surface area contributed by atoms with Gasteiger partial charge in [-0.25, -0.2) is 9.97 Å². The van der Waals surface area contributed by atoms with E-state index in [0.717, 1.165) is 37.0 Å². The van der Waals surface area contributed by atoms with Crippen molar-refractivity contribution in [3.63, 3.8) is 0 Å². The van der Waals surface area contributed by atoms with Crippen molar-refractivity contribution in [3.05, 3.63) is 17.6 Å². The normalized spacial score (nSPS) is 21.2. The summed E-state index contributed by atoms with van der Waals surface area (Å²) < 4.78 is 11.5. The molecule has 1 aliphatic heterocycles. The van der Waals surface area contributed by atoms with Crippen molar-refractivity contribution in [2.45, 2.75) is 70.5 Å². The van der Waals surface area contributed by atoms with Crippen molar-refractivity contribution in [3.8, 4) is 0 Å². The summed E-state index contributed by atoms with van der Waals surface area (Å²) in [5.41, 5.74) is 0.912. The molecule has 0 N–H and O–H groups in total. The van der Waals surface area contributed by atoms with Gasteiger partial charge in [0.05, 0.1) is 24.5 Å². The first-order valence-corrected chi connectivity index (χ1v) is 9.18. The quantitative estimate of drug-likeness (QED) is 0.848. The van der Waals surface area contributed by atoms with E-state index in [1.807, 2.05) is 0 Å². The van der Waals surface area contributed by atoms with Crippen LogP contribution in [0.2, 0.25) is 0 Å². The van der Waals surface area contributed by atoms with Crippen LogP contribution in [0, 0.1) is 0 Å². The van der Waals surface area contributed by atoms with Gasteiger partial charge in [-0.2, -0.15) is 0 Å². The van der Waals surface area contributed by atoms with Gasteiger partial charge >= 0.3 is 0 Å². The molecular weight excluding hydrogens is 302 g/mol. The van der Waals surface area contributed by atoms with E-state index < -0.39 is 0 Å². The third kappa shape index (κ3) is 3.89. The van der Waals surface area contributed by atoms with E-state index >= 15 is 0 Å². The van der Waals surface area contributed by atoms with Crippen molar-refractivity contribution in [2.75, 3.05) is 31.7 Å². The molecule has 0 bridgehead atoms. The van der Waals surface area contributed by atoms with Gasteiger partial charge < -0.3 is 14.4 Å². The fourth-order valence-electron chi connectivity index (χ4n) is 3.74. The van der Waals surface area contributed by atoms with Gasteiger partial charge in [-0.3, -0.25) is 0 Å². The molecule has 0 radical (unpaired) electrons. The molecule has 1 saturated heterocycles. The van der Waals surface area contributed by atoms with Crippen LogP contribution in [0.1, 0.15) is 64.4 Å². The average molecular weight is 333 g/mol. The number of aromatic nitrogens is 2. The standard InChI is InChI=1S/C19H31N3O2/c1-18(2,3)17-20-15(13-23-4)12-16(21-17)22-10-11-24-19(14-22)8-6-5-7-9-19/h12H,5-11,13-14H2,1-4H3. The van der Waals surface area contributed by atoms with Gasteiger partial charge in [0.1, 0.15) is 11.6 Å². The van der Waals surface area contributed by atoms with Crippen molar-refractivity contribution in [1.82, 2.24) is 9.97 Å². The lowest BCUT2D eigenvalue weighted by Gasteiger charge is -2.45. The molecule has 0 amide bonds. The Balaban J connectivity index is 1.88. The van der Waals surface area contributed by atoms with E-state index in [2.05, 4.69) is 31.7 Å². The number of hydrogen-bond donors (Lipinski definition) is 0. The zero-order chi connectivity index (χ0) is 17.2. The Bertz CT molecular complexity index is 557. The highest BCUT2D eigenvalue weighted by Gasteiger charge is 2.38. The average Bonchev–Trinajstić information content (AvgIpc) is 2.55. The van der Waals surface area contributed by atoms with Gasteiger partial charge in [-0.05, 0) is 12.8 Å². The SMILES string of the molecule is COCc1cc(N2CCOC3(CCCCC3)C2)nc(C(C)(C)C)n1. The van der Waals surface area contributed by atoms with Crippen LogP contribution in [-0.4, -0.2) is 42.4 Å². The second-order valence-electron chi connectivity index (χ2n) is 8.24. The lowest BCUT2D eigenvalue weighted by atomic mass is 9.83. The maximum absolute atomic E-state index is 6.22. The van der Waals surface area contributed by atoms with E-state index in [1.54, 1.807) is 7.11 Å². The predicted molar refractivity (Wildman–Crippen MR) is 95.4 cm³/mol. The smallest absolute Gasteiger partial charge is 0.136 e. The van der Waals surface area contributed by atoms with Gasteiger partial charge in [0.15, 0.2) is 0 Å². The molecule has 0 atom stereocenters. The highest BCUT2D eigenvalue weighted by atomic mass is 16.5. The molecule has 2 fully saturated rings. The number of methoxy groups -OCH3 is 1. The molecule has 1 aliphatic carbocycles. The number of anilines is 1. The molecule has 2 heterocycles. The first-order valence-electron chi connectivity index (χ1n) is 9.18. The fraction of sp³-hybridized carbons (Fsp3) is 0.789. The van der Waals surface area contributed by atoms with Gasteiger partial charge in [-0.15, -0.1) is 0 Å². The Morgan fingerprint density at radius 2 is 1.96 bits per heavy atom. The fourth-order valence-corrected chi connectivity index (χ4v) is 3.74. The summed E-state index contributed by atoms with van der Waals surface area (Å²) >= 11 is 0. The molecule has 2 aliphatic rings. The Morgan fingerprint density at radius 1 is 1.21 bits per heavy atom. The number of rotatable bonds is 3. The van der Waals surface area contributed by atoms with E-state index in [9.17, 15) is 0 Å². The zero-order valence-corrected chi connectivity index (χ0v) is 15.6. The van der Waals surface area contributed by atoms with Gasteiger partial charge in [0, 0.05) is 31.7 Å². The minimum Gasteiger partial charge on any atom is -0.378 e. The zero-order valence-electron chi connectivity index (χ0n) is 15.6. The minimum absolute atomic E-state index is 0.0325. The van der Waals surface area contributed by atoms with Crippen molar-refractivity contribution < 1.29 is 9.47 Å². The summed E-state index contributed by atoms with van der Waals surface area (Å²) in [6.45, 7) is 9.62. The molecule has 1 aromatic rings. The first kappa shape index (κ1) is 17.6. The number of morpholine rings is 1. The molecule has 1 spiro atoms. The largest absolute Gasteiger partial charge is 0.378 e. The van der Waals surface area contributed by atoms with Crippen LogP contribution >= 0.6 is 0 Å². The monoisotopic (exact) mass is 333 g/mol. The Labute approximate surface area is 145 Å². The summed E-state index contributed by atoms with van der Waals surface area (Å²) in [6, 6.07) is 2.08. The molecule has 3 rings (SSSR count). The molecular formula is C19H31N3O2. The molecule has 0 unspecified atom stereocenters. The second-order valence-corrected chi connectivity index (χ2v) is 8.24. The minimum atomic E-state index is -0.0761. The van der Waals surface area contributed by atoms with E-state index in [-0.39, 0.29) is 11.0 Å². The second kappa shape index (κ2) is 6.96. The molecule has 1 aromatic heterocycles. The maximum Gasteiger partial charge on any atom is 0.136 e. The van der Waals surface area contributed by atoms with E-state index in [4.69, 9.17) is 19.4 Å². The molecule has 5 heteroatoms. The molecule has 0 aromatic carbocycles. The van der Waals surface area contributed by atoms with Gasteiger partial charge in [-0.1, -0.05) is 40.0 Å². The van der Waals surface area contributed by atoms with Gasteiger partial charge in [0.2, 0.25) is 0 Å². The van der Waals surface area contributed by atoms with Crippen LogP contribution in [0.25, 0.3) is 0 Å². The Hall–Kier alpha value is -1.20. The van der Waals surface area contributed by atoms with Crippen LogP contribution in [0.4, 0.5) is 5.82 Å². The van der Waals surface area contributed by atoms with Crippen molar-refractivity contribution in [2.24, 2.45) is 0 Å². The topological polar surface area (TPSA) is 47.5 Å². The van der Waals surface area contributed by atoms with Crippen LogP contribution < -0.4 is 4.90 Å². The van der Waals surface area contributed by atoms with E-state index in [0.29, 0.717) is 6.61 Å². The summed E-state index contributed by atoms with van der Waals surface area (Å²) in [5.74, 6) is 1.91. The molecule has 1 saturated carbocycles. The van der Waals surface area contributed by atoms with Crippen molar-refractivity contribution in [1.29, 1.82) is 0 Å². The molecule has 134 valence electrons. The van der Waals surface area contributed by atoms with E-state index in [1.165, 1.54) is 32.1 Å². The third-order valence-electron chi connectivity index (χ3n) is 5.07. The summed E-state index contributed by atoms with van der Waals surface area (Å²) in [7, 11) is 1.71. The molecule has 5 nitrogen and oxygen atoms in total. The highest BCUT2D eigenvalue weighted by Crippen LogP contribution is 2.36. The highest BCUT2D eigenvalue weighted by molar-refractivity contribution is 5.42. The summed E-state index contributed by atoms with van der Waals surface area (Å²) in [5, 5.41) is 0. The van der Waals surface area contributed by atoms with Crippen LogP contribution in [0.5, 0.6) is 0 Å². The summed E-state index contributed by atoms with van der Waals surface area (Å²) in [6.07, 6.45) is 6.24. The Kier molecular flexibility index (Phi) is 5.11. The Morgan fingerprint density at radius 3 is 2.62 bits per heavy atom. The predicted octanol–water partition coefficient (Wildman–Crippen LogP) is 3.46. The van der Waals surface area contributed by atoms with Crippen molar-refractivity contribution >= 4 is 5.82 Å². The number of nitrogens with zero attached hydrogens (tertiary/aromatic N) is 3. The van der Waals surface area contributed by atoms with Gasteiger partial charge in [0.25, 0.3) is 0 Å². The molecule has 24 heavy (non-hydrogen) atoms. The van der Waals surface area contributed by atoms with Crippen LogP contribution in [0.3, 0.4) is 0 Å². The summed E-state index contributed by atoms with van der Waals surface area (Å²) in [4.78, 5) is 12.0. The third-order valence-corrected chi connectivity index (χ3v) is 5.07. The first-order chi connectivity index (χ1) is 11.4. The number of hydrogen-bond acceptors (Lipinski definition) is 5. The van der Waals surface area contributed by atoms with Crippen LogP contribution in [0.15, 0.2) is 6.07 Å².